The Balaban J connectivity index is 2.00. The second-order valence-electron chi connectivity index (χ2n) is 5.21. The number of hydrogen-bond donors (Lipinski definition) is 2. The number of amides is 2. The maximum Gasteiger partial charge on any atom is 0.326 e. The fourth-order valence-corrected chi connectivity index (χ4v) is 2.62. The number of carboxylic acids is 1. The monoisotopic (exact) mass is 280 g/mol. The number of likely N-dealkylation sites (tertiary alicyclic amines) is 1. The number of aliphatic carboxylic acids is 1. The molecule has 20 heavy (non-hydrogen) atoms. The topological polar surface area (TPSA) is 87.5 Å². The van der Waals surface area contributed by atoms with E-state index in [9.17, 15) is 14.7 Å². The minimum atomic E-state index is -0.940. The van der Waals surface area contributed by atoms with Gasteiger partial charge in [-0.25, -0.2) is 14.6 Å². The number of piperidine rings is 1. The van der Waals surface area contributed by atoms with E-state index in [1.807, 2.05) is 18.5 Å². The molecule has 7 nitrogen and oxygen atoms in total. The molecule has 1 fully saturated rings. The molecule has 2 N–H and O–H groups in total. The van der Waals surface area contributed by atoms with Crippen LogP contribution in [0, 0.1) is 5.92 Å². The Morgan fingerprint density at radius 2 is 2.30 bits per heavy atom. The quantitative estimate of drug-likeness (QED) is 0.858. The van der Waals surface area contributed by atoms with Crippen molar-refractivity contribution in [1.82, 2.24) is 19.8 Å². The lowest BCUT2D eigenvalue weighted by Gasteiger charge is -2.37. The molecule has 1 aliphatic rings. The van der Waals surface area contributed by atoms with Gasteiger partial charge in [-0.1, -0.05) is 6.92 Å². The predicted molar refractivity (Wildman–Crippen MR) is 72.0 cm³/mol. The maximum atomic E-state index is 12.2. The van der Waals surface area contributed by atoms with Gasteiger partial charge in [-0.3, -0.25) is 0 Å². The predicted octanol–water partition coefficient (Wildman–Crippen LogP) is 0.815. The van der Waals surface area contributed by atoms with Crippen LogP contribution >= 0.6 is 0 Å². The fraction of sp³-hybridized carbons (Fsp3) is 0.615. The molecular formula is C13H20N4O3. The van der Waals surface area contributed by atoms with Crippen molar-refractivity contribution in [2.45, 2.75) is 32.4 Å². The van der Waals surface area contributed by atoms with Gasteiger partial charge in [0.1, 0.15) is 11.9 Å². The van der Waals surface area contributed by atoms with E-state index < -0.39 is 12.0 Å². The summed E-state index contributed by atoms with van der Waals surface area (Å²) in [7, 11) is 1.84. The number of carbonyl (C=O) groups is 2. The van der Waals surface area contributed by atoms with Gasteiger partial charge in [0.2, 0.25) is 0 Å². The van der Waals surface area contributed by atoms with E-state index >= 15 is 0 Å². The van der Waals surface area contributed by atoms with Gasteiger partial charge in [-0.05, 0) is 18.8 Å². The number of carbonyl (C=O) groups excluding carboxylic acids is 1. The Morgan fingerprint density at radius 1 is 1.55 bits per heavy atom. The summed E-state index contributed by atoms with van der Waals surface area (Å²) in [6.07, 6.45) is 5.12. The fourth-order valence-electron chi connectivity index (χ4n) is 2.62. The second kappa shape index (κ2) is 5.94. The summed E-state index contributed by atoms with van der Waals surface area (Å²) in [5.41, 5.74) is 0. The van der Waals surface area contributed by atoms with Gasteiger partial charge in [0.15, 0.2) is 0 Å². The van der Waals surface area contributed by atoms with E-state index in [4.69, 9.17) is 0 Å². The molecule has 0 bridgehead atoms. The van der Waals surface area contributed by atoms with E-state index in [1.165, 1.54) is 4.90 Å². The van der Waals surface area contributed by atoms with Gasteiger partial charge in [0.25, 0.3) is 0 Å². The average molecular weight is 280 g/mol. The zero-order chi connectivity index (χ0) is 14.7. The largest absolute Gasteiger partial charge is 0.480 e. The molecule has 110 valence electrons. The van der Waals surface area contributed by atoms with E-state index in [2.05, 4.69) is 10.3 Å². The highest BCUT2D eigenvalue weighted by molar-refractivity contribution is 5.83. The summed E-state index contributed by atoms with van der Waals surface area (Å²) in [6.45, 7) is 2.64. The first-order chi connectivity index (χ1) is 9.50. The Labute approximate surface area is 117 Å². The standard InChI is InChI=1S/C13H20N4O3/c1-9-4-3-6-17(11(9)12(18)19)13(20)15-8-10-14-5-7-16(10)2/h5,7,9,11H,3-4,6,8H2,1-2H3,(H,15,20)(H,18,19). The Morgan fingerprint density at radius 3 is 2.90 bits per heavy atom. The zero-order valence-corrected chi connectivity index (χ0v) is 11.7. The van der Waals surface area contributed by atoms with Crippen LogP contribution in [0.5, 0.6) is 0 Å². The number of rotatable bonds is 3. The lowest BCUT2D eigenvalue weighted by atomic mass is 9.91. The third-order valence-corrected chi connectivity index (χ3v) is 3.77. The smallest absolute Gasteiger partial charge is 0.326 e. The van der Waals surface area contributed by atoms with Crippen molar-refractivity contribution >= 4 is 12.0 Å². The second-order valence-corrected chi connectivity index (χ2v) is 5.21. The van der Waals surface area contributed by atoms with Crippen LogP contribution in [0.4, 0.5) is 4.79 Å². The normalized spacial score (nSPS) is 22.6. The number of carboxylic acid groups (broad SMARTS) is 1. The highest BCUT2D eigenvalue weighted by Crippen LogP contribution is 2.23. The number of nitrogens with zero attached hydrogens (tertiary/aromatic N) is 3. The molecule has 0 aliphatic carbocycles. The zero-order valence-electron chi connectivity index (χ0n) is 11.7. The molecule has 0 saturated carbocycles. The van der Waals surface area contributed by atoms with Crippen molar-refractivity contribution in [3.63, 3.8) is 0 Å². The number of nitrogens with one attached hydrogen (secondary N) is 1. The number of hydrogen-bond acceptors (Lipinski definition) is 3. The van der Waals surface area contributed by atoms with Gasteiger partial charge in [0, 0.05) is 26.0 Å². The molecule has 2 rings (SSSR count). The summed E-state index contributed by atoms with van der Waals surface area (Å²) in [4.78, 5) is 29.0. The minimum Gasteiger partial charge on any atom is -0.480 e. The highest BCUT2D eigenvalue weighted by atomic mass is 16.4. The first kappa shape index (κ1) is 14.4. The number of aromatic nitrogens is 2. The average Bonchev–Trinajstić information content (AvgIpc) is 2.80. The van der Waals surface area contributed by atoms with E-state index in [0.29, 0.717) is 13.1 Å². The van der Waals surface area contributed by atoms with Crippen LogP contribution in [-0.2, 0) is 18.4 Å². The van der Waals surface area contributed by atoms with Crippen molar-refractivity contribution in [1.29, 1.82) is 0 Å². The molecule has 0 radical (unpaired) electrons. The Kier molecular flexibility index (Phi) is 4.26. The van der Waals surface area contributed by atoms with E-state index in [1.54, 1.807) is 12.4 Å². The Bertz CT molecular complexity index is 500. The molecule has 2 atom stereocenters. The van der Waals surface area contributed by atoms with Crippen molar-refractivity contribution in [3.05, 3.63) is 18.2 Å². The SMILES string of the molecule is CC1CCCN(C(=O)NCc2nccn2C)C1C(=O)O. The molecule has 2 amide bonds. The Hall–Kier alpha value is -2.05. The van der Waals surface area contributed by atoms with Crippen molar-refractivity contribution in [2.24, 2.45) is 13.0 Å². The molecule has 7 heteroatoms. The first-order valence-corrected chi connectivity index (χ1v) is 6.74. The van der Waals surface area contributed by atoms with Crippen LogP contribution in [0.1, 0.15) is 25.6 Å². The molecule has 1 aromatic heterocycles. The third-order valence-electron chi connectivity index (χ3n) is 3.77. The molecule has 0 spiro atoms. The molecular weight excluding hydrogens is 260 g/mol. The van der Waals surface area contributed by atoms with Crippen molar-refractivity contribution in [3.8, 4) is 0 Å². The molecule has 1 saturated heterocycles. The van der Waals surface area contributed by atoms with Crippen molar-refractivity contribution in [2.75, 3.05) is 6.54 Å². The van der Waals surface area contributed by atoms with Crippen LogP contribution in [0.2, 0.25) is 0 Å². The van der Waals surface area contributed by atoms with Crippen LogP contribution in [0.25, 0.3) is 0 Å². The van der Waals surface area contributed by atoms with Crippen LogP contribution in [-0.4, -0.2) is 44.1 Å². The highest BCUT2D eigenvalue weighted by Gasteiger charge is 2.36. The van der Waals surface area contributed by atoms with E-state index in [0.717, 1.165) is 18.7 Å². The lowest BCUT2D eigenvalue weighted by Crippen LogP contribution is -2.54. The van der Waals surface area contributed by atoms with E-state index in [-0.39, 0.29) is 11.9 Å². The van der Waals surface area contributed by atoms with Gasteiger partial charge >= 0.3 is 12.0 Å². The first-order valence-electron chi connectivity index (χ1n) is 6.74. The summed E-state index contributed by atoms with van der Waals surface area (Å²) in [5.74, 6) is -0.236. The van der Waals surface area contributed by atoms with Gasteiger partial charge in [-0.2, -0.15) is 0 Å². The molecule has 0 aromatic carbocycles. The maximum absolute atomic E-state index is 12.2. The van der Waals surface area contributed by atoms with Gasteiger partial charge < -0.3 is 19.9 Å². The van der Waals surface area contributed by atoms with Gasteiger partial charge in [-0.15, -0.1) is 0 Å². The summed E-state index contributed by atoms with van der Waals surface area (Å²) < 4.78 is 1.81. The molecule has 2 unspecified atom stereocenters. The van der Waals surface area contributed by atoms with Crippen LogP contribution in [0.3, 0.4) is 0 Å². The molecule has 2 heterocycles. The van der Waals surface area contributed by atoms with Crippen molar-refractivity contribution < 1.29 is 14.7 Å². The number of imidazole rings is 1. The third kappa shape index (κ3) is 2.92. The molecule has 1 aliphatic heterocycles. The van der Waals surface area contributed by atoms with Crippen LogP contribution < -0.4 is 5.32 Å². The lowest BCUT2D eigenvalue weighted by molar-refractivity contribution is -0.145. The summed E-state index contributed by atoms with van der Waals surface area (Å²) in [5, 5.41) is 12.0. The summed E-state index contributed by atoms with van der Waals surface area (Å²) in [6, 6.07) is -1.09. The number of aryl methyl sites for hydroxylation is 1. The minimum absolute atomic E-state index is 0.0276. The van der Waals surface area contributed by atoms with Gasteiger partial charge in [0.05, 0.1) is 6.54 Å². The van der Waals surface area contributed by atoms with Crippen LogP contribution in [0.15, 0.2) is 12.4 Å². The molecule has 1 aromatic rings. The summed E-state index contributed by atoms with van der Waals surface area (Å²) >= 11 is 0. The number of urea groups is 1.